The summed E-state index contributed by atoms with van der Waals surface area (Å²) >= 11 is 0. The zero-order chi connectivity index (χ0) is 29.1. The van der Waals surface area contributed by atoms with Gasteiger partial charge in [0.05, 0.1) is 22.4 Å². The maximum absolute atomic E-state index is 6.58. The zero-order valence-corrected chi connectivity index (χ0v) is 26.5. The Hall–Kier alpha value is -1.79. The number of rotatable bonds is 9. The lowest BCUT2D eigenvalue weighted by atomic mass is 9.77. The van der Waals surface area contributed by atoms with Gasteiger partial charge in [0.1, 0.15) is 0 Å². The first-order valence-corrected chi connectivity index (χ1v) is 15.5. The average Bonchev–Trinajstić information content (AvgIpc) is 3.43. The maximum Gasteiger partial charge on any atom is 0.494 e. The summed E-state index contributed by atoms with van der Waals surface area (Å²) in [5.74, 6) is 0.647. The second-order valence-electron chi connectivity index (χ2n) is 13.8. The fourth-order valence-electron chi connectivity index (χ4n) is 6.22. The topological polar surface area (TPSA) is 41.9 Å². The van der Waals surface area contributed by atoms with Gasteiger partial charge in [0.15, 0.2) is 0 Å². The number of fused-ring (bicyclic) bond motifs is 3. The number of nitrogens with zero attached hydrogens (tertiary/aromatic N) is 1. The summed E-state index contributed by atoms with van der Waals surface area (Å²) in [4.78, 5) is 0. The van der Waals surface area contributed by atoms with E-state index in [1.807, 2.05) is 0 Å². The van der Waals surface area contributed by atoms with E-state index in [9.17, 15) is 0 Å². The molecule has 2 aliphatic heterocycles. The van der Waals surface area contributed by atoms with Crippen LogP contribution in [0.15, 0.2) is 36.4 Å². The first kappa shape index (κ1) is 29.7. The van der Waals surface area contributed by atoms with Crippen molar-refractivity contribution in [2.45, 2.75) is 130 Å². The summed E-state index contributed by atoms with van der Waals surface area (Å²) in [5, 5.41) is 2.45. The van der Waals surface area contributed by atoms with Gasteiger partial charge in [-0.3, -0.25) is 0 Å². The van der Waals surface area contributed by atoms with E-state index in [1.165, 1.54) is 47.5 Å². The van der Waals surface area contributed by atoms with Crippen LogP contribution in [0.4, 0.5) is 0 Å². The molecular formula is C33H49B2NO4. The number of benzene rings is 2. The monoisotopic (exact) mass is 545 g/mol. The standard InChI is InChI=1S/C33H49B2NO4/c1-11-14-15-23(12-2)22-36-28-18-16-24(34-37-30(4,5)31(6,7)38-34)20-26(28)27-21-25(17-19-29(27)36)35-39-32(8,9)33(10,13-3)40-35/h16-21,23H,11-15,22H2,1-10H3. The molecule has 2 fully saturated rings. The molecule has 2 saturated heterocycles. The van der Waals surface area contributed by atoms with Crippen molar-refractivity contribution in [3.05, 3.63) is 36.4 Å². The predicted octanol–water partition coefficient (Wildman–Crippen LogP) is 7.00. The largest absolute Gasteiger partial charge is 0.494 e. The molecule has 0 N–H and O–H groups in total. The van der Waals surface area contributed by atoms with Crippen LogP contribution >= 0.6 is 0 Å². The molecule has 2 aromatic carbocycles. The van der Waals surface area contributed by atoms with Gasteiger partial charge in [0, 0.05) is 28.4 Å². The Morgan fingerprint density at radius 1 is 0.700 bits per heavy atom. The van der Waals surface area contributed by atoms with E-state index in [0.717, 1.165) is 23.9 Å². The van der Waals surface area contributed by atoms with Gasteiger partial charge < -0.3 is 23.2 Å². The molecule has 216 valence electrons. The van der Waals surface area contributed by atoms with Crippen molar-refractivity contribution in [3.63, 3.8) is 0 Å². The molecule has 0 amide bonds. The highest BCUT2D eigenvalue weighted by Crippen LogP contribution is 2.40. The molecule has 1 aromatic heterocycles. The van der Waals surface area contributed by atoms with E-state index in [4.69, 9.17) is 18.6 Å². The zero-order valence-electron chi connectivity index (χ0n) is 26.5. The Labute approximate surface area is 242 Å². The molecule has 2 aliphatic rings. The van der Waals surface area contributed by atoms with Crippen LogP contribution in [-0.4, -0.2) is 41.2 Å². The molecule has 3 heterocycles. The lowest BCUT2D eigenvalue weighted by Gasteiger charge is -2.35. The van der Waals surface area contributed by atoms with Crippen LogP contribution in [0.3, 0.4) is 0 Å². The van der Waals surface area contributed by atoms with Crippen molar-refractivity contribution in [1.82, 2.24) is 4.57 Å². The summed E-state index contributed by atoms with van der Waals surface area (Å²) in [6.45, 7) is 22.7. The molecular weight excluding hydrogens is 496 g/mol. The van der Waals surface area contributed by atoms with Gasteiger partial charge in [-0.2, -0.15) is 0 Å². The van der Waals surface area contributed by atoms with Crippen molar-refractivity contribution in [3.8, 4) is 0 Å². The fraction of sp³-hybridized carbons (Fsp3) is 0.636. The molecule has 7 heteroatoms. The SMILES string of the molecule is CCCCC(CC)Cn1c2ccc(B3OC(C)(C)C(C)(C)O3)cc2c2cc(B3OC(C)(C)C(C)(CC)O3)ccc21. The van der Waals surface area contributed by atoms with E-state index in [-0.39, 0.29) is 29.5 Å². The van der Waals surface area contributed by atoms with Crippen LogP contribution < -0.4 is 10.9 Å². The van der Waals surface area contributed by atoms with Crippen molar-refractivity contribution >= 4 is 47.0 Å². The molecule has 2 atom stereocenters. The van der Waals surface area contributed by atoms with E-state index >= 15 is 0 Å². The molecule has 0 saturated carbocycles. The average molecular weight is 545 g/mol. The quantitative estimate of drug-likeness (QED) is 0.272. The molecule has 5 nitrogen and oxygen atoms in total. The number of hydrogen-bond acceptors (Lipinski definition) is 4. The highest BCUT2D eigenvalue weighted by molar-refractivity contribution is 6.63. The summed E-state index contributed by atoms with van der Waals surface area (Å²) in [7, 11) is -0.779. The Morgan fingerprint density at radius 3 is 1.65 bits per heavy atom. The lowest BCUT2D eigenvalue weighted by molar-refractivity contribution is -0.0118. The molecule has 0 bridgehead atoms. The first-order chi connectivity index (χ1) is 18.8. The van der Waals surface area contributed by atoms with Crippen LogP contribution in [0.1, 0.15) is 101 Å². The highest BCUT2D eigenvalue weighted by Gasteiger charge is 2.54. The molecule has 0 radical (unpaired) electrons. The minimum Gasteiger partial charge on any atom is -0.399 e. The van der Waals surface area contributed by atoms with Crippen molar-refractivity contribution in [1.29, 1.82) is 0 Å². The number of aromatic nitrogens is 1. The van der Waals surface area contributed by atoms with E-state index < -0.39 is 7.12 Å². The second kappa shape index (κ2) is 10.5. The Morgan fingerprint density at radius 2 is 1.20 bits per heavy atom. The van der Waals surface area contributed by atoms with E-state index in [0.29, 0.717) is 5.92 Å². The smallest absolute Gasteiger partial charge is 0.399 e. The number of hydrogen-bond donors (Lipinski definition) is 0. The normalized spacial score (nSPS) is 24.4. The molecule has 3 aromatic rings. The third kappa shape index (κ3) is 4.95. The van der Waals surface area contributed by atoms with E-state index in [2.05, 4.69) is 110 Å². The first-order valence-electron chi connectivity index (χ1n) is 15.5. The van der Waals surface area contributed by atoms with Gasteiger partial charge in [-0.1, -0.05) is 64.3 Å². The highest BCUT2D eigenvalue weighted by atomic mass is 16.7. The minimum atomic E-state index is -0.392. The Bertz CT molecular complexity index is 1360. The van der Waals surface area contributed by atoms with Gasteiger partial charge in [-0.25, -0.2) is 0 Å². The maximum atomic E-state index is 6.58. The van der Waals surface area contributed by atoms with Crippen LogP contribution in [0, 0.1) is 5.92 Å². The van der Waals surface area contributed by atoms with Gasteiger partial charge in [-0.15, -0.1) is 0 Å². The lowest BCUT2D eigenvalue weighted by Crippen LogP contribution is -2.44. The third-order valence-electron chi connectivity index (χ3n) is 10.4. The van der Waals surface area contributed by atoms with Gasteiger partial charge in [-0.05, 0) is 90.3 Å². The van der Waals surface area contributed by atoms with Gasteiger partial charge >= 0.3 is 14.2 Å². The van der Waals surface area contributed by atoms with Crippen molar-refractivity contribution < 1.29 is 18.6 Å². The summed E-state index contributed by atoms with van der Waals surface area (Å²) in [6, 6.07) is 13.5. The molecule has 0 aliphatic carbocycles. The summed E-state index contributed by atoms with van der Waals surface area (Å²) < 4.78 is 28.5. The molecule has 40 heavy (non-hydrogen) atoms. The predicted molar refractivity (Wildman–Crippen MR) is 169 cm³/mol. The van der Waals surface area contributed by atoms with Crippen LogP contribution in [-0.2, 0) is 25.2 Å². The third-order valence-corrected chi connectivity index (χ3v) is 10.4. The summed E-state index contributed by atoms with van der Waals surface area (Å²) in [6.07, 6.45) is 5.84. The minimum absolute atomic E-state index is 0.335. The van der Waals surface area contributed by atoms with Gasteiger partial charge in [0.2, 0.25) is 0 Å². The van der Waals surface area contributed by atoms with Crippen molar-refractivity contribution in [2.24, 2.45) is 5.92 Å². The number of unbranched alkanes of at least 4 members (excludes halogenated alkanes) is 1. The van der Waals surface area contributed by atoms with E-state index in [1.54, 1.807) is 0 Å². The summed E-state index contributed by atoms with van der Waals surface area (Å²) in [5.41, 5.74) is 3.18. The second-order valence-corrected chi connectivity index (χ2v) is 13.8. The fourth-order valence-corrected chi connectivity index (χ4v) is 6.22. The Kier molecular flexibility index (Phi) is 7.78. The van der Waals surface area contributed by atoms with Crippen molar-refractivity contribution in [2.75, 3.05) is 0 Å². The van der Waals surface area contributed by atoms with Gasteiger partial charge in [0.25, 0.3) is 0 Å². The van der Waals surface area contributed by atoms with Crippen LogP contribution in [0.2, 0.25) is 0 Å². The van der Waals surface area contributed by atoms with Crippen LogP contribution in [0.25, 0.3) is 21.8 Å². The molecule has 0 spiro atoms. The molecule has 5 rings (SSSR count). The Balaban J connectivity index is 1.61. The molecule has 2 unspecified atom stereocenters. The van der Waals surface area contributed by atoms with Crippen LogP contribution in [0.5, 0.6) is 0 Å².